The normalized spacial score (nSPS) is 9.76. The average Bonchev–Trinajstić information content (AvgIpc) is 2.35. The first kappa shape index (κ1) is 13.0. The van der Waals surface area contributed by atoms with Gasteiger partial charge in [0.05, 0.1) is 11.6 Å². The Morgan fingerprint density at radius 1 is 1.47 bits per heavy atom. The molecule has 0 atom stereocenters. The number of carbonyl (C=O) groups excluding carboxylic acids is 1. The van der Waals surface area contributed by atoms with Gasteiger partial charge in [-0.25, -0.2) is 0 Å². The number of amides is 1. The minimum Gasteiger partial charge on any atom is -0.333 e. The lowest BCUT2D eigenvalue weighted by molar-refractivity contribution is 0.0729. The number of nitriles is 1. The third-order valence-electron chi connectivity index (χ3n) is 2.47. The van der Waals surface area contributed by atoms with Crippen LogP contribution in [0.1, 0.15) is 29.8 Å². The van der Waals surface area contributed by atoms with Crippen LogP contribution >= 0.6 is 0 Å². The van der Waals surface area contributed by atoms with E-state index in [0.29, 0.717) is 17.7 Å². The second-order valence-electron chi connectivity index (χ2n) is 4.03. The predicted molar refractivity (Wildman–Crippen MR) is 67.5 cm³/mol. The third kappa shape index (κ3) is 3.18. The van der Waals surface area contributed by atoms with Crippen molar-refractivity contribution in [2.45, 2.75) is 19.9 Å². The zero-order chi connectivity index (χ0) is 12.8. The Kier molecular flexibility index (Phi) is 4.47. The maximum Gasteiger partial charge on any atom is 0.254 e. The van der Waals surface area contributed by atoms with E-state index in [4.69, 9.17) is 5.26 Å². The molecule has 0 aliphatic rings. The van der Waals surface area contributed by atoms with Gasteiger partial charge in [-0.05, 0) is 38.1 Å². The van der Waals surface area contributed by atoms with Crippen molar-refractivity contribution in [1.29, 1.82) is 5.26 Å². The van der Waals surface area contributed by atoms with Crippen LogP contribution in [0, 0.1) is 11.3 Å². The predicted octanol–water partition coefficient (Wildman–Crippen LogP) is 2.59. The molecule has 0 saturated carbocycles. The van der Waals surface area contributed by atoms with Crippen LogP contribution in [-0.2, 0) is 0 Å². The van der Waals surface area contributed by atoms with Gasteiger partial charge in [0.15, 0.2) is 0 Å². The topological polar surface area (TPSA) is 44.1 Å². The van der Waals surface area contributed by atoms with E-state index in [1.54, 1.807) is 35.2 Å². The fourth-order valence-corrected chi connectivity index (χ4v) is 1.52. The first-order chi connectivity index (χ1) is 8.10. The minimum atomic E-state index is -0.0376. The molecular weight excluding hydrogens is 212 g/mol. The molecule has 0 saturated heterocycles. The van der Waals surface area contributed by atoms with Crippen molar-refractivity contribution in [1.82, 2.24) is 4.90 Å². The van der Waals surface area contributed by atoms with Gasteiger partial charge < -0.3 is 4.90 Å². The SMILES string of the molecule is C=CCN(C(=O)c1ccc(C#N)cc1)C(C)C. The summed E-state index contributed by atoms with van der Waals surface area (Å²) in [5.74, 6) is -0.0376. The molecule has 1 aromatic rings. The maximum atomic E-state index is 12.2. The summed E-state index contributed by atoms with van der Waals surface area (Å²) in [6, 6.07) is 8.82. The highest BCUT2D eigenvalue weighted by Crippen LogP contribution is 2.10. The summed E-state index contributed by atoms with van der Waals surface area (Å²) >= 11 is 0. The van der Waals surface area contributed by atoms with Crippen LogP contribution in [0.3, 0.4) is 0 Å². The quantitative estimate of drug-likeness (QED) is 0.743. The highest BCUT2D eigenvalue weighted by molar-refractivity contribution is 5.94. The Hall–Kier alpha value is -2.08. The van der Waals surface area contributed by atoms with Gasteiger partial charge in [0.1, 0.15) is 0 Å². The summed E-state index contributed by atoms with van der Waals surface area (Å²) in [6.45, 7) is 8.10. The van der Waals surface area contributed by atoms with Gasteiger partial charge in [-0.2, -0.15) is 5.26 Å². The Balaban J connectivity index is 2.93. The van der Waals surface area contributed by atoms with Crippen LogP contribution < -0.4 is 0 Å². The van der Waals surface area contributed by atoms with Gasteiger partial charge in [0.2, 0.25) is 0 Å². The van der Waals surface area contributed by atoms with E-state index < -0.39 is 0 Å². The van der Waals surface area contributed by atoms with E-state index in [1.165, 1.54) is 0 Å². The molecule has 88 valence electrons. The molecule has 0 aromatic heterocycles. The standard InChI is InChI=1S/C14H16N2O/c1-4-9-16(11(2)3)14(17)13-7-5-12(10-15)6-8-13/h4-8,11H,1,9H2,2-3H3. The van der Waals surface area contributed by atoms with Gasteiger partial charge >= 0.3 is 0 Å². The van der Waals surface area contributed by atoms with Crippen molar-refractivity contribution in [2.24, 2.45) is 0 Å². The molecule has 0 N–H and O–H groups in total. The molecule has 0 spiro atoms. The van der Waals surface area contributed by atoms with Crippen LogP contribution in [0.5, 0.6) is 0 Å². The number of nitrogens with zero attached hydrogens (tertiary/aromatic N) is 2. The lowest BCUT2D eigenvalue weighted by Gasteiger charge is -2.25. The van der Waals surface area contributed by atoms with Gasteiger partial charge in [0, 0.05) is 18.2 Å². The summed E-state index contributed by atoms with van der Waals surface area (Å²) in [4.78, 5) is 13.9. The molecule has 17 heavy (non-hydrogen) atoms. The molecule has 0 aliphatic heterocycles. The van der Waals surface area contributed by atoms with E-state index in [1.807, 2.05) is 19.9 Å². The lowest BCUT2D eigenvalue weighted by Crippen LogP contribution is -2.36. The zero-order valence-electron chi connectivity index (χ0n) is 10.2. The molecule has 0 heterocycles. The van der Waals surface area contributed by atoms with Crippen molar-refractivity contribution >= 4 is 5.91 Å². The van der Waals surface area contributed by atoms with Gasteiger partial charge in [0.25, 0.3) is 5.91 Å². The first-order valence-electron chi connectivity index (χ1n) is 5.52. The zero-order valence-corrected chi connectivity index (χ0v) is 10.2. The van der Waals surface area contributed by atoms with Crippen molar-refractivity contribution in [3.05, 3.63) is 48.0 Å². The van der Waals surface area contributed by atoms with Crippen molar-refractivity contribution in [3.63, 3.8) is 0 Å². The average molecular weight is 228 g/mol. The molecule has 1 rings (SSSR count). The number of benzene rings is 1. The molecule has 0 aliphatic carbocycles. The molecule has 1 aromatic carbocycles. The summed E-state index contributed by atoms with van der Waals surface area (Å²) in [7, 11) is 0. The smallest absolute Gasteiger partial charge is 0.254 e. The molecule has 3 nitrogen and oxygen atoms in total. The minimum absolute atomic E-state index is 0.0376. The molecular formula is C14H16N2O. The number of hydrogen-bond donors (Lipinski definition) is 0. The Morgan fingerprint density at radius 2 is 2.06 bits per heavy atom. The van der Waals surface area contributed by atoms with Crippen LogP contribution in [0.15, 0.2) is 36.9 Å². The maximum absolute atomic E-state index is 12.2. The van der Waals surface area contributed by atoms with Gasteiger partial charge in [-0.1, -0.05) is 6.08 Å². The Morgan fingerprint density at radius 3 is 2.47 bits per heavy atom. The molecule has 0 unspecified atom stereocenters. The van der Waals surface area contributed by atoms with E-state index >= 15 is 0 Å². The Labute approximate surface area is 102 Å². The van der Waals surface area contributed by atoms with E-state index in [2.05, 4.69) is 6.58 Å². The van der Waals surface area contributed by atoms with E-state index in [0.717, 1.165) is 0 Å². The second-order valence-corrected chi connectivity index (χ2v) is 4.03. The van der Waals surface area contributed by atoms with E-state index in [-0.39, 0.29) is 11.9 Å². The highest BCUT2D eigenvalue weighted by atomic mass is 16.2. The second kappa shape index (κ2) is 5.86. The molecule has 0 bridgehead atoms. The van der Waals surface area contributed by atoms with Crippen LogP contribution in [0.2, 0.25) is 0 Å². The molecule has 1 amide bonds. The van der Waals surface area contributed by atoms with Crippen LogP contribution in [0.4, 0.5) is 0 Å². The Bertz CT molecular complexity index is 440. The van der Waals surface area contributed by atoms with Gasteiger partial charge in [-0.3, -0.25) is 4.79 Å². The summed E-state index contributed by atoms with van der Waals surface area (Å²) in [6.07, 6.45) is 1.71. The monoisotopic (exact) mass is 228 g/mol. The largest absolute Gasteiger partial charge is 0.333 e. The van der Waals surface area contributed by atoms with Crippen LogP contribution in [-0.4, -0.2) is 23.4 Å². The summed E-state index contributed by atoms with van der Waals surface area (Å²) in [5, 5.41) is 8.69. The fourth-order valence-electron chi connectivity index (χ4n) is 1.52. The number of carbonyl (C=O) groups is 1. The number of hydrogen-bond acceptors (Lipinski definition) is 2. The molecule has 0 radical (unpaired) electrons. The first-order valence-corrected chi connectivity index (χ1v) is 5.52. The summed E-state index contributed by atoms with van der Waals surface area (Å²) in [5.41, 5.74) is 1.15. The number of rotatable bonds is 4. The third-order valence-corrected chi connectivity index (χ3v) is 2.47. The molecule has 0 fully saturated rings. The summed E-state index contributed by atoms with van der Waals surface area (Å²) < 4.78 is 0. The van der Waals surface area contributed by atoms with Crippen LogP contribution in [0.25, 0.3) is 0 Å². The molecule has 3 heteroatoms. The fraction of sp³-hybridized carbons (Fsp3) is 0.286. The van der Waals surface area contributed by atoms with E-state index in [9.17, 15) is 4.79 Å². The highest BCUT2D eigenvalue weighted by Gasteiger charge is 2.16. The lowest BCUT2D eigenvalue weighted by atomic mass is 10.1. The van der Waals surface area contributed by atoms with Crippen molar-refractivity contribution in [2.75, 3.05) is 6.54 Å². The van der Waals surface area contributed by atoms with Crippen molar-refractivity contribution in [3.8, 4) is 6.07 Å². The van der Waals surface area contributed by atoms with Crippen molar-refractivity contribution < 1.29 is 4.79 Å². The van der Waals surface area contributed by atoms with Gasteiger partial charge in [-0.15, -0.1) is 6.58 Å².